The normalized spacial score (nSPS) is 17.4. The molecule has 1 atom stereocenters. The highest BCUT2D eigenvalue weighted by molar-refractivity contribution is 5.97. The minimum Gasteiger partial charge on any atom is -0.496 e. The third kappa shape index (κ3) is 3.36. The Hall–Kier alpha value is -2.44. The fourth-order valence-corrected chi connectivity index (χ4v) is 2.34. The van der Waals surface area contributed by atoms with Crippen LogP contribution in [-0.2, 0) is 4.74 Å². The molecular formula is C14H19N3O4. The molecule has 0 bridgehead atoms. The number of amides is 2. The predicted molar refractivity (Wildman–Crippen MR) is 77.3 cm³/mol. The molecular weight excluding hydrogens is 274 g/mol. The van der Waals surface area contributed by atoms with Gasteiger partial charge in [-0.25, -0.2) is 4.79 Å². The second-order valence-electron chi connectivity index (χ2n) is 4.83. The second kappa shape index (κ2) is 6.34. The van der Waals surface area contributed by atoms with Gasteiger partial charge in [0.1, 0.15) is 5.75 Å². The van der Waals surface area contributed by atoms with E-state index in [0.29, 0.717) is 36.5 Å². The summed E-state index contributed by atoms with van der Waals surface area (Å²) in [5, 5.41) is 2.70. The van der Waals surface area contributed by atoms with Crippen LogP contribution in [0.3, 0.4) is 0 Å². The summed E-state index contributed by atoms with van der Waals surface area (Å²) in [6, 6.07) is 4.84. The van der Waals surface area contributed by atoms with Gasteiger partial charge < -0.3 is 25.4 Å². The van der Waals surface area contributed by atoms with E-state index >= 15 is 0 Å². The van der Waals surface area contributed by atoms with Crippen LogP contribution in [0.15, 0.2) is 18.2 Å². The van der Waals surface area contributed by atoms with Crippen LogP contribution in [0.5, 0.6) is 5.75 Å². The van der Waals surface area contributed by atoms with Crippen molar-refractivity contribution in [1.29, 1.82) is 0 Å². The van der Waals surface area contributed by atoms with E-state index in [1.54, 1.807) is 23.1 Å². The first-order chi connectivity index (χ1) is 10.0. The molecule has 0 saturated carbocycles. The molecule has 0 aromatic heterocycles. The summed E-state index contributed by atoms with van der Waals surface area (Å²) >= 11 is 0. The predicted octanol–water partition coefficient (Wildman–Crippen LogP) is 0.848. The minimum absolute atomic E-state index is 0.0961. The van der Waals surface area contributed by atoms with Gasteiger partial charge in [-0.1, -0.05) is 0 Å². The highest BCUT2D eigenvalue weighted by atomic mass is 16.5. The number of likely N-dealkylation sites (tertiary alicyclic amines) is 1. The van der Waals surface area contributed by atoms with Crippen molar-refractivity contribution >= 4 is 17.7 Å². The number of nitrogens with zero attached hydrogens (tertiary/aromatic N) is 1. The van der Waals surface area contributed by atoms with E-state index in [2.05, 4.69) is 10.1 Å². The molecule has 1 heterocycles. The van der Waals surface area contributed by atoms with Crippen LogP contribution < -0.4 is 15.8 Å². The lowest BCUT2D eigenvalue weighted by molar-refractivity contribution is 0.0784. The van der Waals surface area contributed by atoms with Crippen LogP contribution in [0.25, 0.3) is 0 Å². The molecule has 0 aliphatic carbocycles. The van der Waals surface area contributed by atoms with Crippen molar-refractivity contribution in [3.05, 3.63) is 23.8 Å². The number of hydrogen-bond acceptors (Lipinski definition) is 5. The Kier molecular flexibility index (Phi) is 4.52. The summed E-state index contributed by atoms with van der Waals surface area (Å²) in [6.45, 7) is 1.02. The number of ether oxygens (including phenoxy) is 2. The average Bonchev–Trinajstić information content (AvgIpc) is 2.94. The number of nitrogens with two attached hydrogens (primary N) is 1. The van der Waals surface area contributed by atoms with E-state index in [0.717, 1.165) is 0 Å². The van der Waals surface area contributed by atoms with Crippen LogP contribution in [0, 0.1) is 0 Å². The van der Waals surface area contributed by atoms with Gasteiger partial charge in [-0.2, -0.15) is 0 Å². The number of nitrogen functional groups attached to an aromatic ring is 1. The van der Waals surface area contributed by atoms with Crippen LogP contribution in [0.2, 0.25) is 0 Å². The number of hydrogen-bond donors (Lipinski definition) is 2. The maximum absolute atomic E-state index is 12.5. The first kappa shape index (κ1) is 15.0. The van der Waals surface area contributed by atoms with Gasteiger partial charge in [0.05, 0.1) is 25.8 Å². The number of rotatable bonds is 3. The summed E-state index contributed by atoms with van der Waals surface area (Å²) in [5.41, 5.74) is 6.68. The first-order valence-corrected chi connectivity index (χ1v) is 6.62. The van der Waals surface area contributed by atoms with Crippen LogP contribution in [0.4, 0.5) is 10.5 Å². The van der Waals surface area contributed by atoms with Crippen LogP contribution in [0.1, 0.15) is 16.8 Å². The van der Waals surface area contributed by atoms with Gasteiger partial charge in [0.15, 0.2) is 0 Å². The van der Waals surface area contributed by atoms with Crippen LogP contribution in [-0.4, -0.2) is 50.3 Å². The lowest BCUT2D eigenvalue weighted by Gasteiger charge is -2.18. The molecule has 1 fully saturated rings. The summed E-state index contributed by atoms with van der Waals surface area (Å²) < 4.78 is 9.75. The third-order valence-electron chi connectivity index (χ3n) is 3.44. The van der Waals surface area contributed by atoms with Crippen molar-refractivity contribution in [2.24, 2.45) is 0 Å². The van der Waals surface area contributed by atoms with E-state index < -0.39 is 6.09 Å². The lowest BCUT2D eigenvalue weighted by Crippen LogP contribution is -2.38. The summed E-state index contributed by atoms with van der Waals surface area (Å²) in [4.78, 5) is 25.4. The van der Waals surface area contributed by atoms with Gasteiger partial charge in [0.2, 0.25) is 0 Å². The molecule has 7 heteroatoms. The van der Waals surface area contributed by atoms with Gasteiger partial charge in [0.25, 0.3) is 5.91 Å². The lowest BCUT2D eigenvalue weighted by atomic mass is 10.1. The fourth-order valence-electron chi connectivity index (χ4n) is 2.34. The molecule has 7 nitrogen and oxygen atoms in total. The Morgan fingerprint density at radius 3 is 2.81 bits per heavy atom. The Morgan fingerprint density at radius 2 is 2.14 bits per heavy atom. The number of carbonyl (C=O) groups is 2. The maximum Gasteiger partial charge on any atom is 0.407 e. The molecule has 1 aromatic carbocycles. The second-order valence-corrected chi connectivity index (χ2v) is 4.83. The first-order valence-electron chi connectivity index (χ1n) is 6.62. The number of carbonyl (C=O) groups excluding carboxylic acids is 2. The number of alkyl carbamates (subject to hydrolysis) is 1. The molecule has 1 aliphatic rings. The minimum atomic E-state index is -0.487. The number of benzene rings is 1. The van der Waals surface area contributed by atoms with Crippen LogP contribution >= 0.6 is 0 Å². The van der Waals surface area contributed by atoms with E-state index in [1.165, 1.54) is 14.2 Å². The Morgan fingerprint density at radius 1 is 1.38 bits per heavy atom. The van der Waals surface area contributed by atoms with Crippen molar-refractivity contribution in [2.75, 3.05) is 33.0 Å². The van der Waals surface area contributed by atoms with Crippen molar-refractivity contribution in [2.45, 2.75) is 12.5 Å². The molecule has 2 rings (SSSR count). The largest absolute Gasteiger partial charge is 0.496 e. The molecule has 1 unspecified atom stereocenters. The molecule has 1 aromatic rings. The van der Waals surface area contributed by atoms with E-state index in [9.17, 15) is 9.59 Å². The SMILES string of the molecule is COC(=O)NC1CCN(C(=O)c2ccc(N)cc2OC)C1. The van der Waals surface area contributed by atoms with Gasteiger partial charge in [-0.3, -0.25) is 4.79 Å². The zero-order valence-electron chi connectivity index (χ0n) is 12.1. The Bertz CT molecular complexity index is 547. The number of nitrogens with one attached hydrogen (secondary N) is 1. The monoisotopic (exact) mass is 293 g/mol. The van der Waals surface area contributed by atoms with Crippen molar-refractivity contribution in [3.8, 4) is 5.75 Å². The zero-order chi connectivity index (χ0) is 15.4. The zero-order valence-corrected chi connectivity index (χ0v) is 12.1. The van der Waals surface area contributed by atoms with Crippen molar-refractivity contribution < 1.29 is 19.1 Å². The Labute approximate surface area is 123 Å². The molecule has 2 amide bonds. The molecule has 0 radical (unpaired) electrons. The Balaban J connectivity index is 2.06. The van der Waals surface area contributed by atoms with Crippen molar-refractivity contribution in [1.82, 2.24) is 10.2 Å². The molecule has 1 saturated heterocycles. The van der Waals surface area contributed by atoms with E-state index in [-0.39, 0.29) is 11.9 Å². The third-order valence-corrected chi connectivity index (χ3v) is 3.44. The maximum atomic E-state index is 12.5. The van der Waals surface area contributed by atoms with E-state index in [4.69, 9.17) is 10.5 Å². The molecule has 21 heavy (non-hydrogen) atoms. The van der Waals surface area contributed by atoms with Gasteiger partial charge >= 0.3 is 6.09 Å². The molecule has 114 valence electrons. The summed E-state index contributed by atoms with van der Waals surface area (Å²) in [5.74, 6) is 0.311. The fraction of sp³-hybridized carbons (Fsp3) is 0.429. The highest BCUT2D eigenvalue weighted by Gasteiger charge is 2.29. The van der Waals surface area contributed by atoms with Crippen molar-refractivity contribution in [3.63, 3.8) is 0 Å². The summed E-state index contributed by atoms with van der Waals surface area (Å²) in [7, 11) is 2.81. The summed E-state index contributed by atoms with van der Waals surface area (Å²) in [6.07, 6.45) is 0.206. The van der Waals surface area contributed by atoms with Gasteiger partial charge in [-0.05, 0) is 18.6 Å². The smallest absolute Gasteiger partial charge is 0.407 e. The standard InChI is InChI=1S/C14H19N3O4/c1-20-12-7-9(15)3-4-11(12)13(18)17-6-5-10(8-17)16-14(19)21-2/h3-4,7,10H,5-6,8,15H2,1-2H3,(H,16,19). The van der Waals surface area contributed by atoms with E-state index in [1.807, 2.05) is 0 Å². The van der Waals surface area contributed by atoms with Gasteiger partial charge in [0, 0.05) is 24.8 Å². The molecule has 0 spiro atoms. The number of anilines is 1. The average molecular weight is 293 g/mol. The highest BCUT2D eigenvalue weighted by Crippen LogP contribution is 2.24. The quantitative estimate of drug-likeness (QED) is 0.806. The topological polar surface area (TPSA) is 93.9 Å². The number of methoxy groups -OCH3 is 2. The molecule has 1 aliphatic heterocycles. The van der Waals surface area contributed by atoms with Gasteiger partial charge in [-0.15, -0.1) is 0 Å². The molecule has 3 N–H and O–H groups in total.